The molecule has 162 valence electrons. The first-order valence-corrected chi connectivity index (χ1v) is 10.3. The lowest BCUT2D eigenvalue weighted by Crippen LogP contribution is -2.36. The summed E-state index contributed by atoms with van der Waals surface area (Å²) < 4.78 is 28.7. The number of nitrogens with one attached hydrogen (secondary N) is 3. The molecular formula is C21H26ClF2N5S. The van der Waals surface area contributed by atoms with Crippen LogP contribution >= 0.6 is 23.8 Å². The minimum atomic E-state index is -0.614. The standard InChI is InChI=1S/C21H26ClF2N5S/c1-13(2)7-16(26-10-14-5-3-4-6-17(14)22)12-27-20-9-18(23)15(8-19(20)24)11-28-29-21(25)30/h3-6,8-9,11,13,16,26-27H,7,10,12H2,1-2H3,(H3,25,29,30)/b28-11+/t16-/m0/s1. The molecule has 0 unspecified atom stereocenters. The van der Waals surface area contributed by atoms with Gasteiger partial charge in [-0.1, -0.05) is 43.6 Å². The molecule has 0 fully saturated rings. The molecule has 1 atom stereocenters. The summed E-state index contributed by atoms with van der Waals surface area (Å²) in [6.45, 7) is 5.23. The number of hydrazone groups is 1. The molecule has 2 aromatic carbocycles. The molecule has 0 saturated heterocycles. The molecule has 0 saturated carbocycles. The van der Waals surface area contributed by atoms with Gasteiger partial charge in [-0.05, 0) is 42.3 Å². The van der Waals surface area contributed by atoms with Crippen molar-refractivity contribution in [1.29, 1.82) is 0 Å². The predicted octanol–water partition coefficient (Wildman–Crippen LogP) is 4.40. The third-order valence-electron chi connectivity index (χ3n) is 4.30. The van der Waals surface area contributed by atoms with Gasteiger partial charge in [0.2, 0.25) is 0 Å². The average molecular weight is 454 g/mol. The van der Waals surface area contributed by atoms with Gasteiger partial charge in [0, 0.05) is 35.8 Å². The van der Waals surface area contributed by atoms with Crippen LogP contribution in [0.1, 0.15) is 31.4 Å². The minimum absolute atomic E-state index is 0.0163. The Labute approximate surface area is 186 Å². The van der Waals surface area contributed by atoms with Gasteiger partial charge in [0.15, 0.2) is 5.11 Å². The smallest absolute Gasteiger partial charge is 0.184 e. The Hall–Kier alpha value is -2.29. The fourth-order valence-corrected chi connectivity index (χ4v) is 3.15. The van der Waals surface area contributed by atoms with Gasteiger partial charge in [-0.3, -0.25) is 5.43 Å². The van der Waals surface area contributed by atoms with Crippen LogP contribution in [0.3, 0.4) is 0 Å². The van der Waals surface area contributed by atoms with Crippen molar-refractivity contribution < 1.29 is 8.78 Å². The van der Waals surface area contributed by atoms with E-state index in [4.69, 9.17) is 17.3 Å². The van der Waals surface area contributed by atoms with E-state index in [-0.39, 0.29) is 22.4 Å². The second kappa shape index (κ2) is 11.8. The van der Waals surface area contributed by atoms with E-state index in [9.17, 15) is 8.78 Å². The first kappa shape index (κ1) is 24.0. The van der Waals surface area contributed by atoms with Crippen LogP contribution in [0.4, 0.5) is 14.5 Å². The second-order valence-corrected chi connectivity index (χ2v) is 8.11. The highest BCUT2D eigenvalue weighted by atomic mass is 35.5. The zero-order valence-electron chi connectivity index (χ0n) is 16.9. The molecule has 0 aliphatic carbocycles. The molecule has 2 aromatic rings. The van der Waals surface area contributed by atoms with E-state index in [1.807, 2.05) is 24.3 Å². The summed E-state index contributed by atoms with van der Waals surface area (Å²) in [5, 5.41) is 10.7. The lowest BCUT2D eigenvalue weighted by atomic mass is 10.0. The molecule has 0 aliphatic heterocycles. The summed E-state index contributed by atoms with van der Waals surface area (Å²) in [5.74, 6) is -0.767. The van der Waals surface area contributed by atoms with Gasteiger partial charge in [0.05, 0.1) is 11.9 Å². The van der Waals surface area contributed by atoms with Crippen molar-refractivity contribution in [2.24, 2.45) is 16.8 Å². The molecule has 0 aromatic heterocycles. The maximum atomic E-state index is 14.4. The van der Waals surface area contributed by atoms with E-state index < -0.39 is 11.6 Å². The molecular weight excluding hydrogens is 428 g/mol. The van der Waals surface area contributed by atoms with Gasteiger partial charge in [-0.15, -0.1) is 0 Å². The van der Waals surface area contributed by atoms with E-state index in [1.165, 1.54) is 0 Å². The van der Waals surface area contributed by atoms with Crippen LogP contribution < -0.4 is 21.8 Å². The van der Waals surface area contributed by atoms with E-state index in [0.717, 1.165) is 30.3 Å². The summed E-state index contributed by atoms with van der Waals surface area (Å²) in [4.78, 5) is 0. The lowest BCUT2D eigenvalue weighted by molar-refractivity contribution is 0.429. The summed E-state index contributed by atoms with van der Waals surface area (Å²) in [6.07, 6.45) is 1.98. The summed E-state index contributed by atoms with van der Waals surface area (Å²) in [7, 11) is 0. The Morgan fingerprint density at radius 2 is 1.97 bits per heavy atom. The third kappa shape index (κ3) is 7.85. The SMILES string of the molecule is CC(C)C[C@@H](CNc1cc(F)c(/C=N/NC(N)=S)cc1F)NCc1ccccc1Cl. The van der Waals surface area contributed by atoms with Crippen molar-refractivity contribution in [3.05, 3.63) is 64.2 Å². The molecule has 30 heavy (non-hydrogen) atoms. The third-order valence-corrected chi connectivity index (χ3v) is 4.76. The molecule has 0 amide bonds. The Morgan fingerprint density at radius 3 is 2.63 bits per heavy atom. The lowest BCUT2D eigenvalue weighted by Gasteiger charge is -2.22. The molecule has 0 spiro atoms. The Bertz CT molecular complexity index is 892. The van der Waals surface area contributed by atoms with Gasteiger partial charge in [-0.2, -0.15) is 5.10 Å². The summed E-state index contributed by atoms with van der Waals surface area (Å²) in [6, 6.07) is 9.82. The molecule has 0 bridgehead atoms. The zero-order chi connectivity index (χ0) is 22.1. The van der Waals surface area contributed by atoms with Crippen LogP contribution in [0.5, 0.6) is 0 Å². The Kier molecular flexibility index (Phi) is 9.42. The number of hydrogen-bond acceptors (Lipinski definition) is 4. The van der Waals surface area contributed by atoms with Crippen LogP contribution in [0.15, 0.2) is 41.5 Å². The van der Waals surface area contributed by atoms with Crippen LogP contribution in [0.25, 0.3) is 0 Å². The van der Waals surface area contributed by atoms with Crippen LogP contribution in [0.2, 0.25) is 5.02 Å². The predicted molar refractivity (Wildman–Crippen MR) is 124 cm³/mol. The van der Waals surface area contributed by atoms with Gasteiger partial charge < -0.3 is 16.4 Å². The van der Waals surface area contributed by atoms with Gasteiger partial charge >= 0.3 is 0 Å². The number of nitrogens with zero attached hydrogens (tertiary/aromatic N) is 1. The number of anilines is 1. The maximum absolute atomic E-state index is 14.4. The van der Waals surface area contributed by atoms with E-state index in [0.29, 0.717) is 24.0 Å². The number of halogens is 3. The average Bonchev–Trinajstić information content (AvgIpc) is 2.67. The fourth-order valence-electron chi connectivity index (χ4n) is 2.90. The largest absolute Gasteiger partial charge is 0.381 e. The van der Waals surface area contributed by atoms with Crippen molar-refractivity contribution in [3.63, 3.8) is 0 Å². The normalized spacial score (nSPS) is 12.3. The molecule has 0 heterocycles. The van der Waals surface area contributed by atoms with Crippen molar-refractivity contribution >= 4 is 40.8 Å². The number of rotatable bonds is 10. The summed E-state index contributed by atoms with van der Waals surface area (Å²) >= 11 is 10.8. The topological polar surface area (TPSA) is 74.5 Å². The molecule has 5 N–H and O–H groups in total. The van der Waals surface area contributed by atoms with E-state index >= 15 is 0 Å². The highest BCUT2D eigenvalue weighted by Crippen LogP contribution is 2.20. The van der Waals surface area contributed by atoms with Gasteiger partial charge in [0.25, 0.3) is 0 Å². The molecule has 9 heteroatoms. The van der Waals surface area contributed by atoms with Gasteiger partial charge in [-0.25, -0.2) is 8.78 Å². The van der Waals surface area contributed by atoms with Crippen molar-refractivity contribution in [3.8, 4) is 0 Å². The van der Waals surface area contributed by atoms with Crippen molar-refractivity contribution in [2.45, 2.75) is 32.9 Å². The van der Waals surface area contributed by atoms with Crippen LogP contribution in [-0.4, -0.2) is 23.9 Å². The number of hydrogen-bond donors (Lipinski definition) is 4. The molecule has 2 rings (SSSR count). The monoisotopic (exact) mass is 453 g/mol. The Balaban J connectivity index is 2.03. The highest BCUT2D eigenvalue weighted by molar-refractivity contribution is 7.80. The quantitative estimate of drug-likeness (QED) is 0.244. The van der Waals surface area contributed by atoms with Crippen LogP contribution in [0, 0.1) is 17.6 Å². The van der Waals surface area contributed by atoms with Crippen molar-refractivity contribution in [2.75, 3.05) is 11.9 Å². The first-order valence-electron chi connectivity index (χ1n) is 9.54. The first-order chi connectivity index (χ1) is 14.3. The molecule has 5 nitrogen and oxygen atoms in total. The summed E-state index contributed by atoms with van der Waals surface area (Å²) in [5.41, 5.74) is 8.59. The molecule has 0 aliphatic rings. The van der Waals surface area contributed by atoms with Gasteiger partial charge in [0.1, 0.15) is 11.6 Å². The number of nitrogens with two attached hydrogens (primary N) is 1. The maximum Gasteiger partial charge on any atom is 0.184 e. The van der Waals surface area contributed by atoms with Crippen LogP contribution in [-0.2, 0) is 6.54 Å². The number of thiocarbonyl (C=S) groups is 1. The number of benzene rings is 2. The van der Waals surface area contributed by atoms with E-state index in [1.54, 1.807) is 0 Å². The fraction of sp³-hybridized carbons (Fsp3) is 0.333. The highest BCUT2D eigenvalue weighted by Gasteiger charge is 2.14. The Morgan fingerprint density at radius 1 is 1.23 bits per heavy atom. The minimum Gasteiger partial charge on any atom is -0.381 e. The molecule has 0 radical (unpaired) electrons. The zero-order valence-corrected chi connectivity index (χ0v) is 18.5. The second-order valence-electron chi connectivity index (χ2n) is 7.27. The van der Waals surface area contributed by atoms with E-state index in [2.05, 4.69) is 47.2 Å². The van der Waals surface area contributed by atoms with Crippen molar-refractivity contribution in [1.82, 2.24) is 10.7 Å².